The van der Waals surface area contributed by atoms with Crippen LogP contribution in [-0.2, 0) is 14.3 Å². The molecular weight excluding hydrogens is 449 g/mol. The molecular formula is C23H26FN3O7. The minimum absolute atomic E-state index is 0.0368. The van der Waals surface area contributed by atoms with Gasteiger partial charge in [-0.05, 0) is 56.2 Å². The number of amides is 2. The van der Waals surface area contributed by atoms with E-state index >= 15 is 0 Å². The number of nitrogens with one attached hydrogen (secondary N) is 2. The highest BCUT2D eigenvalue weighted by Crippen LogP contribution is 2.22. The Bertz CT molecular complexity index is 1060. The highest BCUT2D eigenvalue weighted by Gasteiger charge is 2.29. The molecule has 2 unspecified atom stereocenters. The quantitative estimate of drug-likeness (QED) is 0.305. The smallest absolute Gasteiger partial charge is 0.329 e. The average Bonchev–Trinajstić information content (AvgIpc) is 2.78. The first-order chi connectivity index (χ1) is 16.0. The molecule has 11 heteroatoms. The number of carbonyl (C=O) groups excluding carboxylic acids is 3. The number of rotatable bonds is 10. The van der Waals surface area contributed by atoms with Gasteiger partial charge in [-0.2, -0.15) is 4.39 Å². The Hall–Kier alpha value is -4.02. The summed E-state index contributed by atoms with van der Waals surface area (Å²) in [5.41, 5.74) is -0.532. The number of nitrogens with zero attached hydrogens (tertiary/aromatic N) is 1. The van der Waals surface area contributed by atoms with Gasteiger partial charge in [0.2, 0.25) is 5.82 Å². The number of esters is 1. The van der Waals surface area contributed by atoms with Gasteiger partial charge in [-0.1, -0.05) is 13.8 Å². The first-order valence-corrected chi connectivity index (χ1v) is 10.5. The standard InChI is InChI=1S/C23H26FN3O7/c1-5-33-17-9-6-15(7-10-17)22(29)26-20(13(2)3)23(30)34-14(4)21(28)25-16-8-11-18(24)19(12-16)27(31)32/h6-14,20H,5H2,1-4H3,(H,25,28)(H,26,29). The zero-order chi connectivity index (χ0) is 25.4. The van der Waals surface area contributed by atoms with Crippen molar-refractivity contribution >= 4 is 29.2 Å². The summed E-state index contributed by atoms with van der Waals surface area (Å²) in [6.07, 6.45) is -1.29. The molecule has 2 aromatic carbocycles. The Morgan fingerprint density at radius 3 is 2.29 bits per heavy atom. The molecule has 0 saturated heterocycles. The molecule has 2 atom stereocenters. The van der Waals surface area contributed by atoms with Gasteiger partial charge in [0, 0.05) is 17.3 Å². The molecule has 0 radical (unpaired) electrons. The zero-order valence-corrected chi connectivity index (χ0v) is 19.2. The number of halogens is 1. The summed E-state index contributed by atoms with van der Waals surface area (Å²) >= 11 is 0. The van der Waals surface area contributed by atoms with Crippen LogP contribution in [0.2, 0.25) is 0 Å². The molecule has 182 valence electrons. The fraction of sp³-hybridized carbons (Fsp3) is 0.348. The molecule has 10 nitrogen and oxygen atoms in total. The van der Waals surface area contributed by atoms with E-state index < -0.39 is 46.4 Å². The van der Waals surface area contributed by atoms with Crippen molar-refractivity contribution in [3.63, 3.8) is 0 Å². The Labute approximate surface area is 195 Å². The third kappa shape index (κ3) is 6.99. The molecule has 34 heavy (non-hydrogen) atoms. The summed E-state index contributed by atoms with van der Waals surface area (Å²) in [7, 11) is 0. The van der Waals surface area contributed by atoms with Crippen LogP contribution in [-0.4, -0.2) is 41.5 Å². The van der Waals surface area contributed by atoms with Gasteiger partial charge in [0.15, 0.2) is 6.10 Å². The van der Waals surface area contributed by atoms with E-state index in [0.717, 1.165) is 18.2 Å². The van der Waals surface area contributed by atoms with Crippen LogP contribution in [0.3, 0.4) is 0 Å². The predicted molar refractivity (Wildman–Crippen MR) is 121 cm³/mol. The number of benzene rings is 2. The molecule has 0 bridgehead atoms. The van der Waals surface area contributed by atoms with E-state index in [2.05, 4.69) is 10.6 Å². The second-order valence-corrected chi connectivity index (χ2v) is 7.64. The van der Waals surface area contributed by atoms with E-state index in [0.29, 0.717) is 17.9 Å². The summed E-state index contributed by atoms with van der Waals surface area (Å²) in [4.78, 5) is 47.6. The van der Waals surface area contributed by atoms with Crippen LogP contribution < -0.4 is 15.4 Å². The SMILES string of the molecule is CCOc1ccc(C(=O)NC(C(=O)OC(C)C(=O)Nc2ccc(F)c([N+](=O)[O-])c2)C(C)C)cc1. The normalized spacial score (nSPS) is 12.4. The van der Waals surface area contributed by atoms with E-state index in [4.69, 9.17) is 9.47 Å². The van der Waals surface area contributed by atoms with Crippen molar-refractivity contribution in [2.45, 2.75) is 39.8 Å². The fourth-order valence-corrected chi connectivity index (χ4v) is 2.87. The molecule has 0 spiro atoms. The van der Waals surface area contributed by atoms with Gasteiger partial charge in [0.05, 0.1) is 11.5 Å². The summed E-state index contributed by atoms with van der Waals surface area (Å²) < 4.78 is 24.0. The lowest BCUT2D eigenvalue weighted by Gasteiger charge is -2.23. The van der Waals surface area contributed by atoms with E-state index in [1.807, 2.05) is 6.92 Å². The Morgan fingerprint density at radius 2 is 1.74 bits per heavy atom. The second kappa shape index (κ2) is 11.7. The topological polar surface area (TPSA) is 137 Å². The lowest BCUT2D eigenvalue weighted by Crippen LogP contribution is -2.47. The Kier molecular flexibility index (Phi) is 9.05. The van der Waals surface area contributed by atoms with E-state index in [-0.39, 0.29) is 11.6 Å². The maximum atomic E-state index is 13.5. The van der Waals surface area contributed by atoms with Crippen molar-refractivity contribution in [2.24, 2.45) is 5.92 Å². The molecule has 0 aliphatic carbocycles. The van der Waals surface area contributed by atoms with E-state index in [1.54, 1.807) is 38.1 Å². The van der Waals surface area contributed by atoms with Crippen LogP contribution in [0.4, 0.5) is 15.8 Å². The number of carbonyl (C=O) groups is 3. The van der Waals surface area contributed by atoms with Crippen LogP contribution in [0, 0.1) is 21.8 Å². The summed E-state index contributed by atoms with van der Waals surface area (Å²) in [5.74, 6) is -2.92. The monoisotopic (exact) mass is 475 g/mol. The van der Waals surface area contributed by atoms with Crippen LogP contribution >= 0.6 is 0 Å². The highest BCUT2D eigenvalue weighted by atomic mass is 19.1. The highest BCUT2D eigenvalue weighted by molar-refractivity contribution is 5.98. The molecule has 2 amide bonds. The van der Waals surface area contributed by atoms with Gasteiger partial charge >= 0.3 is 11.7 Å². The van der Waals surface area contributed by atoms with E-state index in [1.165, 1.54) is 6.92 Å². The minimum atomic E-state index is -1.29. The lowest BCUT2D eigenvalue weighted by molar-refractivity contribution is -0.387. The van der Waals surface area contributed by atoms with Gasteiger partial charge in [0.1, 0.15) is 11.8 Å². The first-order valence-electron chi connectivity index (χ1n) is 10.5. The zero-order valence-electron chi connectivity index (χ0n) is 19.2. The number of nitro groups is 1. The van der Waals surface area contributed by atoms with Crippen LogP contribution in [0.25, 0.3) is 0 Å². The second-order valence-electron chi connectivity index (χ2n) is 7.64. The third-order valence-corrected chi connectivity index (χ3v) is 4.71. The molecule has 2 aromatic rings. The number of hydrogen-bond donors (Lipinski definition) is 2. The van der Waals surface area contributed by atoms with Gasteiger partial charge in [0.25, 0.3) is 11.8 Å². The van der Waals surface area contributed by atoms with Crippen molar-refractivity contribution < 1.29 is 33.2 Å². The average molecular weight is 475 g/mol. The molecule has 2 rings (SSSR count). The predicted octanol–water partition coefficient (Wildman–Crippen LogP) is 3.46. The van der Waals surface area contributed by atoms with E-state index in [9.17, 15) is 28.9 Å². The third-order valence-electron chi connectivity index (χ3n) is 4.71. The Morgan fingerprint density at radius 1 is 1.09 bits per heavy atom. The summed E-state index contributed by atoms with van der Waals surface area (Å²) in [5, 5.41) is 15.8. The van der Waals surface area contributed by atoms with Crippen molar-refractivity contribution in [2.75, 3.05) is 11.9 Å². The molecule has 0 aromatic heterocycles. The number of nitro benzene ring substituents is 1. The molecule has 2 N–H and O–H groups in total. The van der Waals surface area contributed by atoms with Gasteiger partial charge in [-0.15, -0.1) is 0 Å². The summed E-state index contributed by atoms with van der Waals surface area (Å²) in [6, 6.07) is 8.18. The fourth-order valence-electron chi connectivity index (χ4n) is 2.87. The number of ether oxygens (including phenoxy) is 2. The molecule has 0 fully saturated rings. The van der Waals surface area contributed by atoms with Crippen LogP contribution in [0.5, 0.6) is 5.75 Å². The van der Waals surface area contributed by atoms with Crippen molar-refractivity contribution in [3.8, 4) is 5.75 Å². The lowest BCUT2D eigenvalue weighted by atomic mass is 10.0. The van der Waals surface area contributed by atoms with Gasteiger partial charge in [-0.25, -0.2) is 4.79 Å². The van der Waals surface area contributed by atoms with Crippen molar-refractivity contribution in [1.82, 2.24) is 5.32 Å². The van der Waals surface area contributed by atoms with Gasteiger partial charge < -0.3 is 20.1 Å². The largest absolute Gasteiger partial charge is 0.494 e. The maximum Gasteiger partial charge on any atom is 0.329 e. The number of anilines is 1. The Balaban J connectivity index is 2.02. The maximum absolute atomic E-state index is 13.5. The van der Waals surface area contributed by atoms with Gasteiger partial charge in [-0.3, -0.25) is 19.7 Å². The summed E-state index contributed by atoms with van der Waals surface area (Å²) in [6.45, 7) is 7.03. The van der Waals surface area contributed by atoms with Crippen LogP contribution in [0.1, 0.15) is 38.1 Å². The molecule has 0 aliphatic rings. The minimum Gasteiger partial charge on any atom is -0.494 e. The molecule has 0 heterocycles. The first kappa shape index (κ1) is 26.2. The number of hydrogen-bond acceptors (Lipinski definition) is 7. The van der Waals surface area contributed by atoms with Crippen LogP contribution in [0.15, 0.2) is 42.5 Å². The van der Waals surface area contributed by atoms with Crippen molar-refractivity contribution in [1.29, 1.82) is 0 Å². The molecule has 0 aliphatic heterocycles. The molecule has 0 saturated carbocycles. The van der Waals surface area contributed by atoms with Crippen molar-refractivity contribution in [3.05, 3.63) is 64.0 Å².